The number of ether oxygens (including phenoxy) is 1. The fraction of sp³-hybridized carbons (Fsp3) is 0.364. The van der Waals surface area contributed by atoms with Gasteiger partial charge in [0.15, 0.2) is 5.69 Å². The van der Waals surface area contributed by atoms with E-state index < -0.39 is 5.97 Å². The summed E-state index contributed by atoms with van der Waals surface area (Å²) in [5, 5.41) is 2.55. The standard InChI is InChI=1S/C11H14N2O3/c1-4-16-11(15)10-9(13-8(3)14)5-7(2)6-12-10/h5-6H,4H2,1-3H3,(H,13,14). The Labute approximate surface area is 93.8 Å². The summed E-state index contributed by atoms with van der Waals surface area (Å²) in [5.74, 6) is -0.788. The summed E-state index contributed by atoms with van der Waals surface area (Å²) in [6.07, 6.45) is 1.55. The summed E-state index contributed by atoms with van der Waals surface area (Å²) in [5.41, 5.74) is 1.37. The number of nitrogens with zero attached hydrogens (tertiary/aromatic N) is 1. The predicted molar refractivity (Wildman–Crippen MR) is 59.2 cm³/mol. The molecule has 1 heterocycles. The van der Waals surface area contributed by atoms with Crippen LogP contribution < -0.4 is 5.32 Å². The van der Waals surface area contributed by atoms with Gasteiger partial charge in [-0.15, -0.1) is 0 Å². The molecular weight excluding hydrogens is 208 g/mol. The van der Waals surface area contributed by atoms with Gasteiger partial charge in [-0.25, -0.2) is 9.78 Å². The number of carbonyl (C=O) groups is 2. The molecule has 1 amide bonds. The molecule has 0 atom stereocenters. The molecule has 0 fully saturated rings. The second kappa shape index (κ2) is 5.25. The first-order chi connectivity index (χ1) is 7.54. The number of esters is 1. The van der Waals surface area contributed by atoms with Crippen molar-refractivity contribution >= 4 is 17.6 Å². The summed E-state index contributed by atoms with van der Waals surface area (Å²) < 4.78 is 4.84. The van der Waals surface area contributed by atoms with Gasteiger partial charge >= 0.3 is 5.97 Å². The molecule has 0 aromatic carbocycles. The van der Waals surface area contributed by atoms with Gasteiger partial charge in [0.2, 0.25) is 5.91 Å². The molecule has 1 rings (SSSR count). The highest BCUT2D eigenvalue weighted by molar-refractivity contribution is 5.99. The van der Waals surface area contributed by atoms with Crippen molar-refractivity contribution in [1.29, 1.82) is 0 Å². The maximum Gasteiger partial charge on any atom is 0.359 e. The van der Waals surface area contributed by atoms with Crippen molar-refractivity contribution in [1.82, 2.24) is 4.98 Å². The van der Waals surface area contributed by atoms with Gasteiger partial charge in [-0.05, 0) is 25.5 Å². The normalized spacial score (nSPS) is 9.69. The maximum absolute atomic E-state index is 11.5. The van der Waals surface area contributed by atoms with E-state index in [0.29, 0.717) is 5.69 Å². The van der Waals surface area contributed by atoms with Crippen molar-refractivity contribution in [2.24, 2.45) is 0 Å². The van der Waals surface area contributed by atoms with Crippen LogP contribution in [-0.2, 0) is 9.53 Å². The second-order valence-corrected chi connectivity index (χ2v) is 3.31. The van der Waals surface area contributed by atoms with Crippen molar-refractivity contribution in [2.45, 2.75) is 20.8 Å². The van der Waals surface area contributed by atoms with E-state index >= 15 is 0 Å². The quantitative estimate of drug-likeness (QED) is 0.787. The summed E-state index contributed by atoms with van der Waals surface area (Å²) in [4.78, 5) is 26.4. The van der Waals surface area contributed by atoms with Crippen molar-refractivity contribution in [3.8, 4) is 0 Å². The first-order valence-electron chi connectivity index (χ1n) is 4.96. The number of rotatable bonds is 3. The van der Waals surface area contributed by atoms with Crippen molar-refractivity contribution in [3.63, 3.8) is 0 Å². The highest BCUT2D eigenvalue weighted by Gasteiger charge is 2.15. The van der Waals surface area contributed by atoms with Gasteiger partial charge in [0.25, 0.3) is 0 Å². The molecule has 16 heavy (non-hydrogen) atoms. The van der Waals surface area contributed by atoms with E-state index in [1.54, 1.807) is 19.2 Å². The van der Waals surface area contributed by atoms with Crippen LogP contribution in [0.4, 0.5) is 5.69 Å². The SMILES string of the molecule is CCOC(=O)c1ncc(C)cc1NC(C)=O. The lowest BCUT2D eigenvalue weighted by molar-refractivity contribution is -0.114. The van der Waals surface area contributed by atoms with Crippen LogP contribution in [0.1, 0.15) is 29.9 Å². The highest BCUT2D eigenvalue weighted by Crippen LogP contribution is 2.15. The number of anilines is 1. The first-order valence-corrected chi connectivity index (χ1v) is 4.96. The van der Waals surface area contributed by atoms with Gasteiger partial charge in [0.05, 0.1) is 12.3 Å². The average Bonchev–Trinajstić information content (AvgIpc) is 2.16. The highest BCUT2D eigenvalue weighted by atomic mass is 16.5. The van der Waals surface area contributed by atoms with Crippen molar-refractivity contribution < 1.29 is 14.3 Å². The number of hydrogen-bond acceptors (Lipinski definition) is 4. The van der Waals surface area contributed by atoms with Crippen LogP contribution in [0.2, 0.25) is 0 Å². The third-order valence-electron chi connectivity index (χ3n) is 1.80. The Hall–Kier alpha value is -1.91. The summed E-state index contributed by atoms with van der Waals surface area (Å²) in [6.45, 7) is 5.18. The number of aryl methyl sites for hydroxylation is 1. The van der Waals surface area contributed by atoms with E-state index in [9.17, 15) is 9.59 Å². The maximum atomic E-state index is 11.5. The molecule has 0 saturated carbocycles. The second-order valence-electron chi connectivity index (χ2n) is 3.31. The molecule has 0 spiro atoms. The number of nitrogens with one attached hydrogen (secondary N) is 1. The fourth-order valence-electron chi connectivity index (χ4n) is 1.22. The Balaban J connectivity index is 3.06. The number of aromatic nitrogens is 1. The predicted octanol–water partition coefficient (Wildman–Crippen LogP) is 1.53. The molecule has 0 saturated heterocycles. The van der Waals surface area contributed by atoms with Crippen LogP contribution >= 0.6 is 0 Å². The van der Waals surface area contributed by atoms with Gasteiger partial charge in [0.1, 0.15) is 0 Å². The van der Waals surface area contributed by atoms with Gasteiger partial charge in [-0.2, -0.15) is 0 Å². The lowest BCUT2D eigenvalue weighted by Crippen LogP contribution is -2.14. The zero-order valence-electron chi connectivity index (χ0n) is 9.53. The van der Waals surface area contributed by atoms with Crippen LogP contribution in [-0.4, -0.2) is 23.5 Å². The van der Waals surface area contributed by atoms with E-state index in [1.807, 2.05) is 6.92 Å². The molecule has 0 unspecified atom stereocenters. The zero-order valence-corrected chi connectivity index (χ0v) is 9.53. The number of amides is 1. The molecule has 0 radical (unpaired) electrons. The smallest absolute Gasteiger partial charge is 0.359 e. The number of pyridine rings is 1. The van der Waals surface area contributed by atoms with Crippen LogP contribution in [0.15, 0.2) is 12.3 Å². The minimum Gasteiger partial charge on any atom is -0.461 e. The van der Waals surface area contributed by atoms with Crippen LogP contribution in [0.3, 0.4) is 0 Å². The van der Waals surface area contributed by atoms with Gasteiger partial charge in [0, 0.05) is 13.1 Å². The molecule has 5 nitrogen and oxygen atoms in total. The van der Waals surface area contributed by atoms with Crippen molar-refractivity contribution in [2.75, 3.05) is 11.9 Å². The van der Waals surface area contributed by atoms with E-state index in [4.69, 9.17) is 4.74 Å². The molecule has 0 bridgehead atoms. The van der Waals surface area contributed by atoms with Gasteiger partial charge < -0.3 is 10.1 Å². The van der Waals surface area contributed by atoms with E-state index in [1.165, 1.54) is 6.92 Å². The number of hydrogen-bond donors (Lipinski definition) is 1. The third kappa shape index (κ3) is 3.05. The molecule has 86 valence electrons. The molecule has 0 aliphatic carbocycles. The fourth-order valence-corrected chi connectivity index (χ4v) is 1.22. The van der Waals surface area contributed by atoms with Gasteiger partial charge in [-0.3, -0.25) is 4.79 Å². The minimum atomic E-state index is -0.536. The van der Waals surface area contributed by atoms with Crippen LogP contribution in [0.5, 0.6) is 0 Å². The number of carbonyl (C=O) groups excluding carboxylic acids is 2. The molecule has 0 aliphatic rings. The first kappa shape index (κ1) is 12.2. The average molecular weight is 222 g/mol. The minimum absolute atomic E-state index is 0.127. The summed E-state index contributed by atoms with van der Waals surface area (Å²) >= 11 is 0. The van der Waals surface area contributed by atoms with Crippen LogP contribution in [0.25, 0.3) is 0 Å². The molecule has 1 aromatic rings. The van der Waals surface area contributed by atoms with Gasteiger partial charge in [-0.1, -0.05) is 0 Å². The molecular formula is C11H14N2O3. The Morgan fingerprint density at radius 1 is 1.50 bits per heavy atom. The molecule has 5 heteroatoms. The molecule has 0 aliphatic heterocycles. The summed E-state index contributed by atoms with van der Waals surface area (Å²) in [7, 11) is 0. The topological polar surface area (TPSA) is 68.3 Å². The monoisotopic (exact) mass is 222 g/mol. The molecule has 1 N–H and O–H groups in total. The lowest BCUT2D eigenvalue weighted by atomic mass is 10.2. The Morgan fingerprint density at radius 3 is 2.75 bits per heavy atom. The lowest BCUT2D eigenvalue weighted by Gasteiger charge is -2.08. The zero-order chi connectivity index (χ0) is 12.1. The Bertz CT molecular complexity index is 416. The Morgan fingerprint density at radius 2 is 2.19 bits per heavy atom. The third-order valence-corrected chi connectivity index (χ3v) is 1.80. The Kier molecular flexibility index (Phi) is 3.99. The van der Waals surface area contributed by atoms with E-state index in [-0.39, 0.29) is 18.2 Å². The van der Waals surface area contributed by atoms with E-state index in [0.717, 1.165) is 5.56 Å². The summed E-state index contributed by atoms with van der Waals surface area (Å²) in [6, 6.07) is 1.68. The van der Waals surface area contributed by atoms with Crippen molar-refractivity contribution in [3.05, 3.63) is 23.5 Å². The largest absolute Gasteiger partial charge is 0.461 e. The van der Waals surface area contributed by atoms with E-state index in [2.05, 4.69) is 10.3 Å². The molecule has 1 aromatic heterocycles. The van der Waals surface area contributed by atoms with Crippen LogP contribution in [0, 0.1) is 6.92 Å².